The summed E-state index contributed by atoms with van der Waals surface area (Å²) in [5, 5.41) is 2.93. The van der Waals surface area contributed by atoms with Crippen molar-refractivity contribution in [1.29, 1.82) is 0 Å². The van der Waals surface area contributed by atoms with Crippen LogP contribution in [0.3, 0.4) is 0 Å². The molecule has 31 heavy (non-hydrogen) atoms. The summed E-state index contributed by atoms with van der Waals surface area (Å²) in [6.07, 6.45) is 0.802. The summed E-state index contributed by atoms with van der Waals surface area (Å²) in [5.74, 6) is -0.371. The molecule has 0 saturated carbocycles. The highest BCUT2D eigenvalue weighted by Gasteiger charge is 2.30. The zero-order valence-corrected chi connectivity index (χ0v) is 17.0. The van der Waals surface area contributed by atoms with Crippen molar-refractivity contribution in [3.63, 3.8) is 0 Å². The van der Waals surface area contributed by atoms with Gasteiger partial charge in [-0.05, 0) is 42.2 Å². The number of nitrogens with two attached hydrogens (primary N) is 1. The molecule has 11 heteroatoms. The second kappa shape index (κ2) is 9.34. The van der Waals surface area contributed by atoms with Gasteiger partial charge in [-0.15, -0.1) is 0 Å². The van der Waals surface area contributed by atoms with Gasteiger partial charge < -0.3 is 10.6 Å². The third-order valence-corrected chi connectivity index (χ3v) is 4.97. The summed E-state index contributed by atoms with van der Waals surface area (Å²) in [6.45, 7) is 0.656. The maximum absolute atomic E-state index is 12.6. The molecule has 3 heterocycles. The Bertz CT molecular complexity index is 1010. The van der Waals surface area contributed by atoms with E-state index in [1.54, 1.807) is 12.3 Å². The number of nitrogens with zero attached hydrogens (tertiary/aromatic N) is 3. The zero-order chi connectivity index (χ0) is 22.6. The molecule has 3 N–H and O–H groups in total. The van der Waals surface area contributed by atoms with Crippen LogP contribution >= 0.6 is 11.6 Å². The van der Waals surface area contributed by atoms with E-state index in [1.807, 2.05) is 6.08 Å². The van der Waals surface area contributed by atoms with E-state index in [4.69, 9.17) is 17.3 Å². The number of hydrogen-bond donors (Lipinski definition) is 2. The smallest absolute Gasteiger partial charge is 0.370 e. The Morgan fingerprint density at radius 2 is 2.00 bits per heavy atom. The van der Waals surface area contributed by atoms with Gasteiger partial charge in [-0.25, -0.2) is 9.78 Å². The SMILES string of the molecule is NC(=O)CCc1cnc(C2=CCN(C(=O)Nc3ccc(C(F)(F)F)cn3)CC2)c(Cl)c1. The minimum absolute atomic E-state index is 0.0315. The fourth-order valence-electron chi connectivity index (χ4n) is 3.01. The second-order valence-corrected chi connectivity index (χ2v) is 7.33. The molecule has 0 aliphatic carbocycles. The minimum atomic E-state index is -4.49. The first kappa shape index (κ1) is 22.5. The Morgan fingerprint density at radius 1 is 1.23 bits per heavy atom. The van der Waals surface area contributed by atoms with Gasteiger partial charge in [-0.1, -0.05) is 17.7 Å². The van der Waals surface area contributed by atoms with Gasteiger partial charge in [0.25, 0.3) is 0 Å². The lowest BCUT2D eigenvalue weighted by Crippen LogP contribution is -2.38. The highest BCUT2D eigenvalue weighted by Crippen LogP contribution is 2.30. The van der Waals surface area contributed by atoms with Crippen LogP contribution < -0.4 is 11.1 Å². The van der Waals surface area contributed by atoms with Gasteiger partial charge in [0.05, 0.1) is 16.3 Å². The predicted octanol–water partition coefficient (Wildman–Crippen LogP) is 3.89. The number of halogens is 4. The lowest BCUT2D eigenvalue weighted by molar-refractivity contribution is -0.137. The van der Waals surface area contributed by atoms with E-state index < -0.39 is 23.7 Å². The predicted molar refractivity (Wildman–Crippen MR) is 109 cm³/mol. The second-order valence-electron chi connectivity index (χ2n) is 6.93. The van der Waals surface area contributed by atoms with Crippen molar-refractivity contribution in [2.75, 3.05) is 18.4 Å². The number of alkyl halides is 3. The zero-order valence-electron chi connectivity index (χ0n) is 16.2. The number of pyridine rings is 2. The monoisotopic (exact) mass is 453 g/mol. The molecular weight excluding hydrogens is 435 g/mol. The molecule has 0 saturated heterocycles. The van der Waals surface area contributed by atoms with E-state index in [0.29, 0.717) is 36.3 Å². The maximum atomic E-state index is 12.6. The largest absolute Gasteiger partial charge is 0.417 e. The van der Waals surface area contributed by atoms with Crippen molar-refractivity contribution in [3.05, 3.63) is 58.5 Å². The van der Waals surface area contributed by atoms with Crippen LogP contribution in [0.2, 0.25) is 5.02 Å². The van der Waals surface area contributed by atoms with E-state index in [0.717, 1.165) is 23.3 Å². The third kappa shape index (κ3) is 5.94. The van der Waals surface area contributed by atoms with Crippen molar-refractivity contribution in [3.8, 4) is 0 Å². The van der Waals surface area contributed by atoms with Crippen LogP contribution in [-0.2, 0) is 17.4 Å². The van der Waals surface area contributed by atoms with Crippen LogP contribution in [-0.4, -0.2) is 39.9 Å². The Hall–Kier alpha value is -3.14. The average molecular weight is 454 g/mol. The Kier molecular flexibility index (Phi) is 6.79. The summed E-state index contributed by atoms with van der Waals surface area (Å²) in [7, 11) is 0. The Balaban J connectivity index is 1.60. The Morgan fingerprint density at radius 3 is 2.55 bits per heavy atom. The number of carbonyl (C=O) groups excluding carboxylic acids is 2. The van der Waals surface area contributed by atoms with Crippen LogP contribution in [0.1, 0.15) is 29.7 Å². The number of amides is 3. The number of anilines is 1. The first-order chi connectivity index (χ1) is 14.6. The summed E-state index contributed by atoms with van der Waals surface area (Å²) < 4.78 is 37.8. The van der Waals surface area contributed by atoms with Gasteiger partial charge in [0.1, 0.15) is 5.82 Å². The summed E-state index contributed by atoms with van der Waals surface area (Å²) in [4.78, 5) is 32.8. The highest BCUT2D eigenvalue weighted by molar-refractivity contribution is 6.32. The van der Waals surface area contributed by atoms with Crippen molar-refractivity contribution in [1.82, 2.24) is 14.9 Å². The van der Waals surface area contributed by atoms with E-state index in [-0.39, 0.29) is 18.8 Å². The number of aromatic nitrogens is 2. The van der Waals surface area contributed by atoms with Gasteiger partial charge >= 0.3 is 12.2 Å². The van der Waals surface area contributed by atoms with E-state index in [1.165, 1.54) is 4.90 Å². The van der Waals surface area contributed by atoms with Gasteiger partial charge in [-0.2, -0.15) is 13.2 Å². The van der Waals surface area contributed by atoms with Crippen LogP contribution in [0.25, 0.3) is 5.57 Å². The van der Waals surface area contributed by atoms with Crippen LogP contribution in [0, 0.1) is 0 Å². The Labute approximate surface area is 181 Å². The average Bonchev–Trinajstić information content (AvgIpc) is 2.72. The van der Waals surface area contributed by atoms with Crippen LogP contribution in [0.5, 0.6) is 0 Å². The van der Waals surface area contributed by atoms with Crippen molar-refractivity contribution < 1.29 is 22.8 Å². The maximum Gasteiger partial charge on any atom is 0.417 e. The standard InChI is InChI=1S/C20H19ClF3N5O2/c21-15-9-12(1-3-16(25)30)10-27-18(15)13-5-7-29(8-6-13)19(31)28-17-4-2-14(11-26-17)20(22,23)24/h2,4-5,9-11H,1,3,6-8H2,(H2,25,30)(H,26,28,31). The van der Waals surface area contributed by atoms with Crippen molar-refractivity contribution in [2.24, 2.45) is 5.73 Å². The lowest BCUT2D eigenvalue weighted by Gasteiger charge is -2.26. The van der Waals surface area contributed by atoms with Crippen molar-refractivity contribution >= 4 is 34.9 Å². The molecule has 3 rings (SSSR count). The summed E-state index contributed by atoms with van der Waals surface area (Å²) >= 11 is 6.33. The van der Waals surface area contributed by atoms with Crippen LogP contribution in [0.4, 0.5) is 23.8 Å². The molecular formula is C20H19ClF3N5O2. The molecule has 0 aromatic carbocycles. The molecule has 1 aliphatic rings. The molecule has 0 unspecified atom stereocenters. The number of carbonyl (C=O) groups is 2. The minimum Gasteiger partial charge on any atom is -0.370 e. The molecule has 1 aliphatic heterocycles. The molecule has 0 radical (unpaired) electrons. The fourth-order valence-corrected chi connectivity index (χ4v) is 3.32. The molecule has 0 bridgehead atoms. The van der Waals surface area contributed by atoms with Gasteiger partial charge in [0.15, 0.2) is 0 Å². The van der Waals surface area contributed by atoms with Gasteiger partial charge in [0, 0.05) is 31.9 Å². The first-order valence-corrected chi connectivity index (χ1v) is 9.72. The van der Waals surface area contributed by atoms with E-state index >= 15 is 0 Å². The highest BCUT2D eigenvalue weighted by atomic mass is 35.5. The molecule has 2 aromatic rings. The number of nitrogens with one attached hydrogen (secondary N) is 1. The van der Waals surface area contributed by atoms with E-state index in [2.05, 4.69) is 15.3 Å². The quantitative estimate of drug-likeness (QED) is 0.717. The first-order valence-electron chi connectivity index (χ1n) is 9.35. The summed E-state index contributed by atoms with van der Waals surface area (Å²) in [6, 6.07) is 3.24. The van der Waals surface area contributed by atoms with Crippen molar-refractivity contribution in [2.45, 2.75) is 25.4 Å². The topological polar surface area (TPSA) is 101 Å². The molecule has 0 atom stereocenters. The lowest BCUT2D eigenvalue weighted by atomic mass is 10.0. The normalized spacial score (nSPS) is 14.2. The van der Waals surface area contributed by atoms with Gasteiger partial charge in [-0.3, -0.25) is 15.1 Å². The van der Waals surface area contributed by atoms with Crippen LogP contribution in [0.15, 0.2) is 36.7 Å². The number of hydrogen-bond acceptors (Lipinski definition) is 4. The number of primary amides is 1. The number of aryl methyl sites for hydroxylation is 1. The number of rotatable bonds is 5. The molecule has 0 fully saturated rings. The molecule has 2 aromatic heterocycles. The molecule has 0 spiro atoms. The van der Waals surface area contributed by atoms with Gasteiger partial charge in [0.2, 0.25) is 5.91 Å². The molecule has 3 amide bonds. The fraction of sp³-hybridized carbons (Fsp3) is 0.300. The van der Waals surface area contributed by atoms with E-state index in [9.17, 15) is 22.8 Å². The third-order valence-electron chi connectivity index (χ3n) is 4.68. The number of urea groups is 1. The molecule has 164 valence electrons. The molecule has 7 nitrogen and oxygen atoms in total. The summed E-state index contributed by atoms with van der Waals surface area (Å²) in [5.41, 5.74) is 6.54.